The van der Waals surface area contributed by atoms with Crippen LogP contribution in [0.25, 0.3) is 0 Å². The minimum Gasteiger partial charge on any atom is -0.465 e. The van der Waals surface area contributed by atoms with E-state index in [1.807, 2.05) is 26.0 Å². The number of esters is 2. The van der Waals surface area contributed by atoms with Crippen molar-refractivity contribution in [2.24, 2.45) is 5.41 Å². The van der Waals surface area contributed by atoms with E-state index < -0.39 is 17.4 Å². The predicted octanol–water partition coefficient (Wildman–Crippen LogP) is 9.60. The van der Waals surface area contributed by atoms with Gasteiger partial charge in [-0.25, -0.2) is 0 Å². The molecule has 206 valence electrons. The molecule has 5 heteroatoms. The van der Waals surface area contributed by atoms with Gasteiger partial charge in [0.25, 0.3) is 0 Å². The van der Waals surface area contributed by atoms with E-state index in [9.17, 15) is 9.59 Å². The van der Waals surface area contributed by atoms with E-state index in [1.165, 1.54) is 83.5 Å². The van der Waals surface area contributed by atoms with E-state index in [0.717, 1.165) is 18.4 Å². The lowest BCUT2D eigenvalue weighted by atomic mass is 9.82. The van der Waals surface area contributed by atoms with Crippen molar-refractivity contribution in [2.75, 3.05) is 6.61 Å². The zero-order valence-electron chi connectivity index (χ0n) is 23.3. The number of rotatable bonds is 22. The summed E-state index contributed by atoms with van der Waals surface area (Å²) in [6.07, 6.45) is 20.1. The standard InChI is InChI=1S/C31H51ClO4/c1-4-7-8-9-10-11-12-13-14-15-16-17-18-19-20-24-35-29(33)31(5-2,6-3)30(34)36-26-27-22-21-23-28(32)25-27/h21-23,25H,4-20,24,26H2,1-3H3. The number of carbonyl (C=O) groups is 2. The van der Waals surface area contributed by atoms with Crippen LogP contribution in [0.2, 0.25) is 5.02 Å². The average Bonchev–Trinajstić information content (AvgIpc) is 2.88. The highest BCUT2D eigenvalue weighted by atomic mass is 35.5. The highest BCUT2D eigenvalue weighted by Gasteiger charge is 2.45. The molecule has 0 aliphatic heterocycles. The zero-order valence-corrected chi connectivity index (χ0v) is 24.0. The van der Waals surface area contributed by atoms with Crippen LogP contribution in [-0.2, 0) is 25.7 Å². The minimum atomic E-state index is -1.24. The van der Waals surface area contributed by atoms with Crippen molar-refractivity contribution in [2.45, 2.75) is 137 Å². The van der Waals surface area contributed by atoms with Gasteiger partial charge in [-0.3, -0.25) is 9.59 Å². The Morgan fingerprint density at radius 1 is 0.694 bits per heavy atom. The van der Waals surface area contributed by atoms with Crippen LogP contribution in [0.1, 0.15) is 135 Å². The van der Waals surface area contributed by atoms with Gasteiger partial charge in [0, 0.05) is 5.02 Å². The Morgan fingerprint density at radius 3 is 1.64 bits per heavy atom. The summed E-state index contributed by atoms with van der Waals surface area (Å²) in [6.45, 7) is 6.39. The monoisotopic (exact) mass is 522 g/mol. The van der Waals surface area contributed by atoms with Gasteiger partial charge in [0.15, 0.2) is 5.41 Å². The van der Waals surface area contributed by atoms with Gasteiger partial charge < -0.3 is 9.47 Å². The third-order valence-electron chi connectivity index (χ3n) is 7.23. The maximum absolute atomic E-state index is 12.8. The Hall–Kier alpha value is -1.55. The molecule has 36 heavy (non-hydrogen) atoms. The maximum atomic E-state index is 12.8. The molecule has 0 saturated carbocycles. The molecule has 0 amide bonds. The summed E-state index contributed by atoms with van der Waals surface area (Å²) < 4.78 is 11.0. The summed E-state index contributed by atoms with van der Waals surface area (Å²) in [5, 5.41) is 0.587. The number of hydrogen-bond donors (Lipinski definition) is 0. The van der Waals surface area contributed by atoms with Crippen LogP contribution in [0, 0.1) is 5.41 Å². The second kappa shape index (κ2) is 20.5. The van der Waals surface area contributed by atoms with Crippen LogP contribution in [0.3, 0.4) is 0 Å². The SMILES string of the molecule is CCCCCCCCCCCCCCCCCOC(=O)C(CC)(CC)C(=O)OCc1cccc(Cl)c1. The molecule has 0 aromatic heterocycles. The van der Waals surface area contributed by atoms with E-state index in [2.05, 4.69) is 6.92 Å². The number of carbonyl (C=O) groups excluding carboxylic acids is 2. The quantitative estimate of drug-likeness (QED) is 0.0863. The molecular formula is C31H51ClO4. The zero-order chi connectivity index (χ0) is 26.5. The van der Waals surface area contributed by atoms with Crippen LogP contribution in [0.4, 0.5) is 0 Å². The van der Waals surface area contributed by atoms with Gasteiger partial charge in [0.1, 0.15) is 6.61 Å². The van der Waals surface area contributed by atoms with Gasteiger partial charge in [-0.2, -0.15) is 0 Å². The Bertz CT molecular complexity index is 714. The molecular weight excluding hydrogens is 472 g/mol. The molecule has 0 radical (unpaired) electrons. The van der Waals surface area contributed by atoms with Crippen LogP contribution in [0.15, 0.2) is 24.3 Å². The van der Waals surface area contributed by atoms with Crippen LogP contribution >= 0.6 is 11.6 Å². The third kappa shape index (κ3) is 13.1. The van der Waals surface area contributed by atoms with Gasteiger partial charge in [-0.05, 0) is 37.0 Å². The molecule has 1 aromatic carbocycles. The van der Waals surface area contributed by atoms with Crippen LogP contribution in [-0.4, -0.2) is 18.5 Å². The number of unbranched alkanes of at least 4 members (excludes halogenated alkanes) is 14. The van der Waals surface area contributed by atoms with E-state index >= 15 is 0 Å². The Morgan fingerprint density at radius 2 is 1.17 bits per heavy atom. The van der Waals surface area contributed by atoms with Gasteiger partial charge in [0.05, 0.1) is 6.61 Å². The predicted molar refractivity (Wildman–Crippen MR) is 150 cm³/mol. The molecule has 0 fully saturated rings. The van der Waals surface area contributed by atoms with Crippen LogP contribution < -0.4 is 0 Å². The smallest absolute Gasteiger partial charge is 0.323 e. The van der Waals surface area contributed by atoms with E-state index in [0.29, 0.717) is 24.5 Å². The maximum Gasteiger partial charge on any atom is 0.323 e. The van der Waals surface area contributed by atoms with E-state index in [1.54, 1.807) is 12.1 Å². The lowest BCUT2D eigenvalue weighted by Crippen LogP contribution is -2.41. The van der Waals surface area contributed by atoms with Gasteiger partial charge in [-0.15, -0.1) is 0 Å². The van der Waals surface area contributed by atoms with Gasteiger partial charge in [-0.1, -0.05) is 134 Å². The first-order valence-corrected chi connectivity index (χ1v) is 15.0. The highest BCUT2D eigenvalue weighted by Crippen LogP contribution is 2.31. The van der Waals surface area contributed by atoms with Gasteiger partial charge in [0.2, 0.25) is 0 Å². The molecule has 0 bridgehead atoms. The van der Waals surface area contributed by atoms with Crippen LogP contribution in [0.5, 0.6) is 0 Å². The summed E-state index contributed by atoms with van der Waals surface area (Å²) in [5.74, 6) is -0.983. The fourth-order valence-electron chi connectivity index (χ4n) is 4.60. The Kier molecular flexibility index (Phi) is 18.5. The fraction of sp³-hybridized carbons (Fsp3) is 0.742. The normalized spacial score (nSPS) is 11.4. The number of halogens is 1. The molecule has 0 unspecified atom stereocenters. The molecule has 0 N–H and O–H groups in total. The topological polar surface area (TPSA) is 52.6 Å². The van der Waals surface area contributed by atoms with Crippen molar-refractivity contribution in [3.8, 4) is 0 Å². The molecule has 1 rings (SSSR count). The number of benzene rings is 1. The van der Waals surface area contributed by atoms with E-state index in [-0.39, 0.29) is 6.61 Å². The molecule has 0 aliphatic rings. The Labute approximate surface area is 225 Å². The lowest BCUT2D eigenvalue weighted by Gasteiger charge is -2.27. The summed E-state index contributed by atoms with van der Waals surface area (Å²) >= 11 is 6.00. The average molecular weight is 523 g/mol. The molecule has 1 aromatic rings. The second-order valence-corrected chi connectivity index (χ2v) is 10.5. The van der Waals surface area contributed by atoms with Crippen molar-refractivity contribution in [3.63, 3.8) is 0 Å². The highest BCUT2D eigenvalue weighted by molar-refractivity contribution is 6.30. The second-order valence-electron chi connectivity index (χ2n) is 10.1. The number of hydrogen-bond acceptors (Lipinski definition) is 4. The van der Waals surface area contributed by atoms with Gasteiger partial charge >= 0.3 is 11.9 Å². The van der Waals surface area contributed by atoms with Crippen molar-refractivity contribution in [1.82, 2.24) is 0 Å². The largest absolute Gasteiger partial charge is 0.465 e. The van der Waals surface area contributed by atoms with Crippen molar-refractivity contribution in [1.29, 1.82) is 0 Å². The summed E-state index contributed by atoms with van der Waals surface area (Å²) in [5.41, 5.74) is -0.447. The summed E-state index contributed by atoms with van der Waals surface area (Å²) in [6, 6.07) is 7.17. The third-order valence-corrected chi connectivity index (χ3v) is 7.46. The molecule has 0 atom stereocenters. The van der Waals surface area contributed by atoms with Crippen molar-refractivity contribution in [3.05, 3.63) is 34.9 Å². The Balaban J connectivity index is 2.14. The lowest BCUT2D eigenvalue weighted by molar-refractivity contribution is -0.174. The first-order chi connectivity index (χ1) is 17.5. The minimum absolute atomic E-state index is 0.0907. The summed E-state index contributed by atoms with van der Waals surface area (Å²) in [4.78, 5) is 25.7. The van der Waals surface area contributed by atoms with Crippen molar-refractivity contribution < 1.29 is 19.1 Å². The molecule has 0 saturated heterocycles. The first kappa shape index (κ1) is 32.5. The fourth-order valence-corrected chi connectivity index (χ4v) is 4.81. The first-order valence-electron chi connectivity index (χ1n) is 14.6. The summed E-state index contributed by atoms with van der Waals surface area (Å²) in [7, 11) is 0. The molecule has 0 spiro atoms. The number of ether oxygens (including phenoxy) is 2. The molecule has 0 aliphatic carbocycles. The van der Waals surface area contributed by atoms with E-state index in [4.69, 9.17) is 21.1 Å². The molecule has 4 nitrogen and oxygen atoms in total. The van der Waals surface area contributed by atoms with Crippen molar-refractivity contribution >= 4 is 23.5 Å². The molecule has 0 heterocycles.